The Hall–Kier alpha value is -6.07. The molecule has 0 N–H and O–H groups in total. The van der Waals surface area contributed by atoms with Crippen LogP contribution in [-0.2, 0) is 0 Å². The highest BCUT2D eigenvalue weighted by Gasteiger charge is 2.18. The molecule has 0 saturated carbocycles. The fourth-order valence-corrected chi connectivity index (χ4v) is 5.75. The lowest BCUT2D eigenvalue weighted by atomic mass is 10.0. The van der Waals surface area contributed by atoms with E-state index in [0.29, 0.717) is 28.4 Å². The van der Waals surface area contributed by atoms with Gasteiger partial charge in [0.2, 0.25) is 5.95 Å². The van der Waals surface area contributed by atoms with E-state index in [4.69, 9.17) is 27.6 Å². The minimum Gasteiger partial charge on any atom is -0.456 e. The second kappa shape index (κ2) is 9.75. The van der Waals surface area contributed by atoms with E-state index in [1.165, 1.54) is 16.7 Å². The van der Waals surface area contributed by atoms with Gasteiger partial charge in [0.15, 0.2) is 11.6 Å². The molecule has 0 radical (unpaired) electrons. The van der Waals surface area contributed by atoms with E-state index in [9.17, 15) is 0 Å². The average molecular weight is 571 g/mol. The van der Waals surface area contributed by atoms with E-state index in [-0.39, 0.29) is 64.0 Å². The first-order valence-corrected chi connectivity index (χ1v) is 14.1. The maximum absolute atomic E-state index is 8.89. The Bertz CT molecular complexity index is 2760. The number of furan rings is 1. The molecule has 0 bridgehead atoms. The molecule has 44 heavy (non-hydrogen) atoms. The molecule has 3 heterocycles. The summed E-state index contributed by atoms with van der Waals surface area (Å²) < 4.78 is 59.9. The SMILES string of the molecule is [2H]c1cc([2H])c2c(c1[2H])c1c([2H])c([2H])cc([2H])c1n2-c1nc(-c2ccccc2)nc(-c2ccc3c(c2)oc2cc(-c4ccccc4)ccc23)n1. The van der Waals surface area contributed by atoms with Crippen molar-refractivity contribution in [2.45, 2.75) is 0 Å². The molecule has 206 valence electrons. The van der Waals surface area contributed by atoms with Crippen molar-refractivity contribution in [3.8, 4) is 39.9 Å². The van der Waals surface area contributed by atoms with Gasteiger partial charge in [0, 0.05) is 32.7 Å². The van der Waals surface area contributed by atoms with Crippen LogP contribution >= 0.6 is 0 Å². The Kier molecular flexibility index (Phi) is 4.25. The van der Waals surface area contributed by atoms with Gasteiger partial charge in [0.1, 0.15) is 11.2 Å². The molecule has 0 aliphatic heterocycles. The fourth-order valence-electron chi connectivity index (χ4n) is 5.75. The summed E-state index contributed by atoms with van der Waals surface area (Å²) in [6, 6.07) is 32.9. The van der Waals surface area contributed by atoms with Crippen LogP contribution in [0, 0.1) is 0 Å². The number of hydrogen-bond acceptors (Lipinski definition) is 4. The summed E-state index contributed by atoms with van der Waals surface area (Å²) in [5.74, 6) is 0.713. The van der Waals surface area contributed by atoms with Crippen molar-refractivity contribution in [2.75, 3.05) is 0 Å². The molecule has 5 nitrogen and oxygen atoms in total. The van der Waals surface area contributed by atoms with Crippen LogP contribution in [0.3, 0.4) is 0 Å². The summed E-state index contributed by atoms with van der Waals surface area (Å²) in [5, 5.41) is 2.17. The molecule has 0 aliphatic rings. The van der Waals surface area contributed by atoms with Crippen LogP contribution in [-0.4, -0.2) is 19.5 Å². The second-order valence-corrected chi connectivity index (χ2v) is 10.4. The van der Waals surface area contributed by atoms with Crippen molar-refractivity contribution in [3.05, 3.63) is 145 Å². The number of nitrogens with zero attached hydrogens (tertiary/aromatic N) is 4. The third-order valence-electron chi connectivity index (χ3n) is 7.82. The van der Waals surface area contributed by atoms with Crippen molar-refractivity contribution in [3.63, 3.8) is 0 Å². The van der Waals surface area contributed by atoms with Gasteiger partial charge in [0.05, 0.1) is 19.3 Å². The predicted molar refractivity (Wildman–Crippen MR) is 178 cm³/mol. The standard InChI is InChI=1S/C39H24N4O/c1-3-11-25(12-4-1)27-19-21-31-32-22-20-28(24-36(32)44-35(31)23-27)38-40-37(26-13-5-2-6-14-26)41-39(42-38)43-33-17-9-7-15-29(33)30-16-8-10-18-34(30)43/h1-24H/i7D,8D,15D,16D,17D,18D. The molecular formula is C39H24N4O. The molecule has 6 aromatic carbocycles. The molecule has 0 amide bonds. The highest BCUT2D eigenvalue weighted by molar-refractivity contribution is 6.09. The summed E-state index contributed by atoms with van der Waals surface area (Å²) >= 11 is 0. The van der Waals surface area contributed by atoms with Crippen LogP contribution in [0.5, 0.6) is 0 Å². The Morgan fingerprint density at radius 1 is 0.477 bits per heavy atom. The first-order valence-electron chi connectivity index (χ1n) is 17.1. The van der Waals surface area contributed by atoms with E-state index >= 15 is 0 Å². The van der Waals surface area contributed by atoms with Gasteiger partial charge in [-0.2, -0.15) is 9.97 Å². The van der Waals surface area contributed by atoms with Crippen LogP contribution in [0.4, 0.5) is 0 Å². The minimum absolute atomic E-state index is 0.0716. The number of benzene rings is 6. The first-order chi connectivity index (χ1) is 24.3. The highest BCUT2D eigenvalue weighted by atomic mass is 16.3. The number of fused-ring (bicyclic) bond motifs is 6. The van der Waals surface area contributed by atoms with Crippen molar-refractivity contribution < 1.29 is 12.6 Å². The van der Waals surface area contributed by atoms with Gasteiger partial charge in [0.25, 0.3) is 0 Å². The van der Waals surface area contributed by atoms with Crippen molar-refractivity contribution >= 4 is 43.7 Å². The normalized spacial score (nSPS) is 13.5. The predicted octanol–water partition coefficient (Wildman–Crippen LogP) is 9.87. The zero-order chi connectivity index (χ0) is 34.3. The Labute approximate surface area is 261 Å². The zero-order valence-corrected chi connectivity index (χ0v) is 23.1. The van der Waals surface area contributed by atoms with Crippen LogP contribution < -0.4 is 0 Å². The van der Waals surface area contributed by atoms with Gasteiger partial charge in [-0.05, 0) is 47.5 Å². The molecular weight excluding hydrogens is 540 g/mol. The van der Waals surface area contributed by atoms with Crippen molar-refractivity contribution in [2.24, 2.45) is 0 Å². The summed E-state index contributed by atoms with van der Waals surface area (Å²) in [5.41, 5.74) is 5.22. The summed E-state index contributed by atoms with van der Waals surface area (Å²) in [6.45, 7) is 0. The molecule has 3 aromatic heterocycles. The maximum Gasteiger partial charge on any atom is 0.238 e. The minimum atomic E-state index is -0.207. The van der Waals surface area contributed by atoms with Gasteiger partial charge < -0.3 is 4.42 Å². The summed E-state index contributed by atoms with van der Waals surface area (Å²) in [6.07, 6.45) is 0. The topological polar surface area (TPSA) is 56.7 Å². The maximum atomic E-state index is 8.89. The monoisotopic (exact) mass is 570 g/mol. The molecule has 0 aliphatic carbocycles. The zero-order valence-electron chi connectivity index (χ0n) is 29.1. The van der Waals surface area contributed by atoms with Gasteiger partial charge >= 0.3 is 0 Å². The summed E-state index contributed by atoms with van der Waals surface area (Å²) in [7, 11) is 0. The van der Waals surface area contributed by atoms with Crippen LogP contribution in [0.25, 0.3) is 83.6 Å². The molecule has 0 unspecified atom stereocenters. The van der Waals surface area contributed by atoms with Crippen LogP contribution in [0.1, 0.15) is 8.22 Å². The van der Waals surface area contributed by atoms with Crippen molar-refractivity contribution in [1.29, 1.82) is 0 Å². The number of para-hydroxylation sites is 2. The lowest BCUT2D eigenvalue weighted by Gasteiger charge is -2.10. The largest absolute Gasteiger partial charge is 0.456 e. The number of rotatable bonds is 4. The molecule has 9 aromatic rings. The number of aromatic nitrogens is 4. The van der Waals surface area contributed by atoms with E-state index < -0.39 is 0 Å². The molecule has 0 saturated heterocycles. The van der Waals surface area contributed by atoms with Gasteiger partial charge in [-0.3, -0.25) is 4.57 Å². The summed E-state index contributed by atoms with van der Waals surface area (Å²) in [4.78, 5) is 14.6. The molecule has 0 atom stereocenters. The molecule has 5 heteroatoms. The van der Waals surface area contributed by atoms with E-state index in [2.05, 4.69) is 24.3 Å². The Morgan fingerprint density at radius 3 is 1.66 bits per heavy atom. The van der Waals surface area contributed by atoms with Crippen LogP contribution in [0.15, 0.2) is 150 Å². The Morgan fingerprint density at radius 2 is 1.02 bits per heavy atom. The molecule has 0 spiro atoms. The quantitative estimate of drug-likeness (QED) is 0.211. The molecule has 0 fully saturated rings. The Balaban J connectivity index is 1.31. The van der Waals surface area contributed by atoms with Gasteiger partial charge in [-0.15, -0.1) is 0 Å². The highest BCUT2D eigenvalue weighted by Crippen LogP contribution is 2.35. The van der Waals surface area contributed by atoms with Crippen LogP contribution in [0.2, 0.25) is 0 Å². The average Bonchev–Trinajstić information content (AvgIpc) is 3.70. The third-order valence-corrected chi connectivity index (χ3v) is 7.82. The smallest absolute Gasteiger partial charge is 0.238 e. The van der Waals surface area contributed by atoms with E-state index in [0.717, 1.165) is 27.5 Å². The molecule has 9 rings (SSSR count). The van der Waals surface area contributed by atoms with Crippen molar-refractivity contribution in [1.82, 2.24) is 19.5 Å². The number of hydrogen-bond donors (Lipinski definition) is 0. The van der Waals surface area contributed by atoms with Gasteiger partial charge in [-0.25, -0.2) is 4.98 Å². The second-order valence-electron chi connectivity index (χ2n) is 10.4. The lowest BCUT2D eigenvalue weighted by Crippen LogP contribution is -2.06. The first kappa shape index (κ1) is 19.2. The van der Waals surface area contributed by atoms with E-state index in [1.54, 1.807) is 0 Å². The van der Waals surface area contributed by atoms with Gasteiger partial charge in [-0.1, -0.05) is 109 Å². The fraction of sp³-hybridized carbons (Fsp3) is 0. The van der Waals surface area contributed by atoms with E-state index in [1.807, 2.05) is 72.8 Å². The lowest BCUT2D eigenvalue weighted by molar-refractivity contribution is 0.669. The third kappa shape index (κ3) is 3.91.